The van der Waals surface area contributed by atoms with Crippen LogP contribution in [0.15, 0.2) is 12.4 Å². The molecular weight excluding hydrogens is 292 g/mol. The van der Waals surface area contributed by atoms with Crippen molar-refractivity contribution in [1.29, 1.82) is 0 Å². The van der Waals surface area contributed by atoms with E-state index < -0.39 is 0 Å². The zero-order valence-electron chi connectivity index (χ0n) is 13.9. The van der Waals surface area contributed by atoms with Gasteiger partial charge in [0.2, 0.25) is 5.91 Å². The maximum absolute atomic E-state index is 13.0. The number of rotatable bonds is 3. The van der Waals surface area contributed by atoms with Gasteiger partial charge in [0.1, 0.15) is 0 Å². The number of hydrogen-bond donors (Lipinski definition) is 0. The number of hydrogen-bond acceptors (Lipinski definition) is 4. The summed E-state index contributed by atoms with van der Waals surface area (Å²) < 4.78 is 7.77. The lowest BCUT2D eigenvalue weighted by molar-refractivity contribution is -0.140. The summed E-state index contributed by atoms with van der Waals surface area (Å²) in [5, 5.41) is 4.25. The number of nitrogens with zero attached hydrogens (tertiary/aromatic N) is 4. The lowest BCUT2D eigenvalue weighted by Gasteiger charge is -2.40. The minimum atomic E-state index is 0.103. The predicted molar refractivity (Wildman–Crippen MR) is 85.6 cm³/mol. The first kappa shape index (κ1) is 15.1. The first-order chi connectivity index (χ1) is 11.2. The molecule has 6 nitrogen and oxygen atoms in total. The Hall–Kier alpha value is -1.40. The van der Waals surface area contributed by atoms with Crippen LogP contribution < -0.4 is 0 Å². The van der Waals surface area contributed by atoms with E-state index in [4.69, 9.17) is 4.74 Å². The van der Waals surface area contributed by atoms with Crippen LogP contribution in [-0.4, -0.2) is 64.4 Å². The number of carbonyl (C=O) groups is 1. The van der Waals surface area contributed by atoms with Crippen molar-refractivity contribution in [3.05, 3.63) is 18.0 Å². The monoisotopic (exact) mass is 318 g/mol. The molecule has 0 N–H and O–H groups in total. The molecule has 0 spiro atoms. The molecule has 4 rings (SSSR count). The number of fused-ring (bicyclic) bond motifs is 1. The van der Waals surface area contributed by atoms with Gasteiger partial charge in [0.25, 0.3) is 0 Å². The number of amides is 1. The Kier molecular flexibility index (Phi) is 4.11. The largest absolute Gasteiger partial charge is 0.377 e. The van der Waals surface area contributed by atoms with E-state index in [1.54, 1.807) is 0 Å². The lowest BCUT2D eigenvalue weighted by Crippen LogP contribution is -2.52. The zero-order valence-corrected chi connectivity index (χ0v) is 13.9. The van der Waals surface area contributed by atoms with Gasteiger partial charge in [-0.15, -0.1) is 0 Å². The molecule has 1 amide bonds. The van der Waals surface area contributed by atoms with Crippen molar-refractivity contribution in [3.63, 3.8) is 0 Å². The van der Waals surface area contributed by atoms with Gasteiger partial charge in [0, 0.05) is 64.1 Å². The maximum Gasteiger partial charge on any atom is 0.227 e. The Morgan fingerprint density at radius 2 is 2.17 bits per heavy atom. The molecule has 3 aliphatic heterocycles. The summed E-state index contributed by atoms with van der Waals surface area (Å²) in [5.74, 6) is 0.873. The highest BCUT2D eigenvalue weighted by Crippen LogP contribution is 2.35. The molecule has 23 heavy (non-hydrogen) atoms. The Morgan fingerprint density at radius 3 is 2.91 bits per heavy atom. The van der Waals surface area contributed by atoms with Crippen molar-refractivity contribution in [2.75, 3.05) is 32.8 Å². The molecule has 0 bridgehead atoms. The first-order valence-corrected chi connectivity index (χ1v) is 8.81. The van der Waals surface area contributed by atoms with Gasteiger partial charge in [-0.3, -0.25) is 14.4 Å². The number of aromatic nitrogens is 2. The van der Waals surface area contributed by atoms with E-state index in [0.29, 0.717) is 11.8 Å². The molecule has 0 unspecified atom stereocenters. The van der Waals surface area contributed by atoms with Crippen LogP contribution in [0.2, 0.25) is 0 Å². The zero-order chi connectivity index (χ0) is 15.8. The van der Waals surface area contributed by atoms with Gasteiger partial charge in [0.05, 0.1) is 18.2 Å². The Balaban J connectivity index is 1.48. The number of ether oxygens (including phenoxy) is 1. The lowest BCUT2D eigenvalue weighted by atomic mass is 9.81. The fourth-order valence-corrected chi connectivity index (χ4v) is 4.43. The van der Waals surface area contributed by atoms with E-state index >= 15 is 0 Å². The van der Waals surface area contributed by atoms with Crippen LogP contribution in [-0.2, 0) is 23.1 Å². The summed E-state index contributed by atoms with van der Waals surface area (Å²) >= 11 is 0. The van der Waals surface area contributed by atoms with E-state index in [2.05, 4.69) is 21.1 Å². The molecule has 1 aromatic rings. The number of likely N-dealkylation sites (tertiary alicyclic amines) is 2. The van der Waals surface area contributed by atoms with E-state index in [9.17, 15) is 4.79 Å². The van der Waals surface area contributed by atoms with Crippen LogP contribution in [0, 0.1) is 11.8 Å². The van der Waals surface area contributed by atoms with Crippen LogP contribution in [0.4, 0.5) is 0 Å². The fraction of sp³-hybridized carbons (Fsp3) is 0.765. The van der Waals surface area contributed by atoms with Gasteiger partial charge in [-0.25, -0.2) is 0 Å². The van der Waals surface area contributed by atoms with E-state index in [-0.39, 0.29) is 12.0 Å². The average Bonchev–Trinajstić information content (AvgIpc) is 3.26. The summed E-state index contributed by atoms with van der Waals surface area (Å²) in [6.07, 6.45) is 7.54. The van der Waals surface area contributed by atoms with E-state index in [1.807, 2.05) is 17.9 Å². The first-order valence-electron chi connectivity index (χ1n) is 8.81. The second kappa shape index (κ2) is 6.24. The molecule has 0 radical (unpaired) electrons. The molecule has 3 atom stereocenters. The van der Waals surface area contributed by atoms with Crippen LogP contribution in [0.25, 0.3) is 0 Å². The fourth-order valence-electron chi connectivity index (χ4n) is 4.43. The number of carbonyl (C=O) groups excluding carboxylic acids is 1. The van der Waals surface area contributed by atoms with Crippen molar-refractivity contribution >= 4 is 5.91 Å². The number of aryl methyl sites for hydroxylation is 1. The standard InChI is InChI=1S/C17H26N4O2/c1-19-9-13(8-18-19)10-20-11-15(14-4-7-23-16(14)12-20)17(22)21-5-2-3-6-21/h8-9,14-16H,2-7,10-12H2,1H3/t14-,15-,16+/m0/s1. The predicted octanol–water partition coefficient (Wildman–Crippen LogP) is 0.879. The summed E-state index contributed by atoms with van der Waals surface area (Å²) in [6, 6.07) is 0. The summed E-state index contributed by atoms with van der Waals surface area (Å²) in [5.41, 5.74) is 1.20. The summed E-state index contributed by atoms with van der Waals surface area (Å²) in [7, 11) is 1.94. The average molecular weight is 318 g/mol. The molecule has 0 aliphatic carbocycles. The van der Waals surface area contributed by atoms with E-state index in [0.717, 1.165) is 58.6 Å². The minimum Gasteiger partial charge on any atom is -0.377 e. The molecule has 0 saturated carbocycles. The van der Waals surface area contributed by atoms with Gasteiger partial charge in [0.15, 0.2) is 0 Å². The van der Waals surface area contributed by atoms with Crippen LogP contribution in [0.5, 0.6) is 0 Å². The Bertz CT molecular complexity index is 567. The van der Waals surface area contributed by atoms with Crippen LogP contribution in [0.1, 0.15) is 24.8 Å². The van der Waals surface area contributed by atoms with Gasteiger partial charge in [-0.2, -0.15) is 5.10 Å². The molecule has 0 aromatic carbocycles. The molecule has 6 heteroatoms. The molecule has 3 saturated heterocycles. The minimum absolute atomic E-state index is 0.103. The summed E-state index contributed by atoms with van der Waals surface area (Å²) in [6.45, 7) is 5.33. The van der Waals surface area contributed by atoms with Crippen molar-refractivity contribution in [1.82, 2.24) is 19.6 Å². The normalized spacial score (nSPS) is 31.5. The second-order valence-electron chi connectivity index (χ2n) is 7.22. The SMILES string of the molecule is Cn1cc(CN2C[C@H](C(=O)N3CCCC3)[C@@H]3CCO[C@@H]3C2)cn1. The van der Waals surface area contributed by atoms with Crippen molar-refractivity contribution in [3.8, 4) is 0 Å². The quantitative estimate of drug-likeness (QED) is 0.830. The molecule has 126 valence electrons. The van der Waals surface area contributed by atoms with Gasteiger partial charge >= 0.3 is 0 Å². The highest BCUT2D eigenvalue weighted by Gasteiger charge is 2.45. The topological polar surface area (TPSA) is 50.6 Å². The Labute approximate surface area is 137 Å². The third kappa shape index (κ3) is 3.02. The second-order valence-corrected chi connectivity index (χ2v) is 7.22. The third-order valence-electron chi connectivity index (χ3n) is 5.57. The van der Waals surface area contributed by atoms with Crippen molar-refractivity contribution < 1.29 is 9.53 Å². The van der Waals surface area contributed by atoms with Gasteiger partial charge < -0.3 is 9.64 Å². The Morgan fingerprint density at radius 1 is 1.35 bits per heavy atom. The smallest absolute Gasteiger partial charge is 0.227 e. The molecule has 4 heterocycles. The maximum atomic E-state index is 13.0. The van der Waals surface area contributed by atoms with Gasteiger partial charge in [-0.1, -0.05) is 0 Å². The van der Waals surface area contributed by atoms with Crippen LogP contribution >= 0.6 is 0 Å². The highest BCUT2D eigenvalue weighted by molar-refractivity contribution is 5.80. The van der Waals surface area contributed by atoms with Crippen molar-refractivity contribution in [2.45, 2.75) is 31.9 Å². The van der Waals surface area contributed by atoms with Crippen LogP contribution in [0.3, 0.4) is 0 Å². The third-order valence-corrected chi connectivity index (χ3v) is 5.57. The molecule has 3 fully saturated rings. The van der Waals surface area contributed by atoms with Gasteiger partial charge in [-0.05, 0) is 19.3 Å². The highest BCUT2D eigenvalue weighted by atomic mass is 16.5. The van der Waals surface area contributed by atoms with E-state index in [1.165, 1.54) is 5.56 Å². The molecular formula is C17H26N4O2. The molecule has 3 aliphatic rings. The van der Waals surface area contributed by atoms with Crippen molar-refractivity contribution in [2.24, 2.45) is 18.9 Å². The molecule has 1 aromatic heterocycles. The summed E-state index contributed by atoms with van der Waals surface area (Å²) in [4.78, 5) is 17.4. The number of piperidine rings is 1.